The van der Waals surface area contributed by atoms with Crippen molar-refractivity contribution in [2.24, 2.45) is 0 Å². The summed E-state index contributed by atoms with van der Waals surface area (Å²) in [6.45, 7) is 3.76. The van der Waals surface area contributed by atoms with E-state index in [4.69, 9.17) is 23.2 Å². The number of thioether (sulfide) groups is 1. The highest BCUT2D eigenvalue weighted by Crippen LogP contribution is 2.33. The summed E-state index contributed by atoms with van der Waals surface area (Å²) in [5, 5.41) is 0.372. The van der Waals surface area contributed by atoms with E-state index in [-0.39, 0.29) is 32.8 Å². The van der Waals surface area contributed by atoms with Gasteiger partial charge in [-0.25, -0.2) is 8.42 Å². The lowest BCUT2D eigenvalue weighted by Crippen LogP contribution is -2.49. The molecule has 1 atom stereocenters. The Labute approximate surface area is 151 Å². The second-order valence-corrected chi connectivity index (χ2v) is 9.23. The quantitative estimate of drug-likeness (QED) is 0.784. The Hall–Kier alpha value is -0.470. The highest BCUT2D eigenvalue weighted by atomic mass is 35.5. The molecule has 0 N–H and O–H groups in total. The number of halogens is 2. The molecule has 5 nitrogen and oxygen atoms in total. The van der Waals surface area contributed by atoms with Crippen molar-refractivity contribution in [1.29, 1.82) is 0 Å². The van der Waals surface area contributed by atoms with Gasteiger partial charge in [0.1, 0.15) is 10.9 Å². The van der Waals surface area contributed by atoms with Gasteiger partial charge in [-0.2, -0.15) is 4.31 Å². The van der Waals surface area contributed by atoms with Crippen LogP contribution < -0.4 is 0 Å². The molecule has 1 heterocycles. The molecule has 128 valence electrons. The van der Waals surface area contributed by atoms with Gasteiger partial charge >= 0.3 is 0 Å². The van der Waals surface area contributed by atoms with E-state index in [1.807, 2.05) is 13.8 Å². The zero-order chi connectivity index (χ0) is 17.4. The minimum atomic E-state index is -3.90. The minimum absolute atomic E-state index is 0.00703. The monoisotopic (exact) mass is 396 g/mol. The van der Waals surface area contributed by atoms with Crippen LogP contribution in [0.1, 0.15) is 13.8 Å². The van der Waals surface area contributed by atoms with Crippen LogP contribution in [0.25, 0.3) is 0 Å². The molecule has 1 aromatic carbocycles. The summed E-state index contributed by atoms with van der Waals surface area (Å²) >= 11 is 13.3. The third-order valence-electron chi connectivity index (χ3n) is 3.73. The van der Waals surface area contributed by atoms with Gasteiger partial charge < -0.3 is 4.90 Å². The molecule has 0 aliphatic carbocycles. The zero-order valence-electron chi connectivity index (χ0n) is 13.0. The molecule has 9 heteroatoms. The van der Waals surface area contributed by atoms with Crippen LogP contribution in [0.3, 0.4) is 0 Å². The van der Waals surface area contributed by atoms with Crippen molar-refractivity contribution >= 4 is 50.9 Å². The Balaban J connectivity index is 2.39. The minimum Gasteiger partial charge on any atom is -0.342 e. The molecular weight excluding hydrogens is 379 g/mol. The van der Waals surface area contributed by atoms with Crippen LogP contribution in [0.15, 0.2) is 23.1 Å². The van der Waals surface area contributed by atoms with Crippen LogP contribution in [-0.4, -0.2) is 54.3 Å². The van der Waals surface area contributed by atoms with E-state index >= 15 is 0 Å². The molecule has 0 aromatic heterocycles. The maximum atomic E-state index is 12.9. The highest BCUT2D eigenvalue weighted by molar-refractivity contribution is 8.00. The normalized spacial score (nSPS) is 19.3. The van der Waals surface area contributed by atoms with E-state index < -0.39 is 16.1 Å². The Morgan fingerprint density at radius 3 is 2.65 bits per heavy atom. The van der Waals surface area contributed by atoms with Crippen molar-refractivity contribution in [3.05, 3.63) is 28.2 Å². The first-order valence-electron chi connectivity index (χ1n) is 6.97. The molecule has 1 aliphatic heterocycles. The summed E-state index contributed by atoms with van der Waals surface area (Å²) in [7, 11) is -2.22. The van der Waals surface area contributed by atoms with Crippen LogP contribution in [0.4, 0.5) is 0 Å². The maximum absolute atomic E-state index is 12.9. The van der Waals surface area contributed by atoms with Gasteiger partial charge in [-0.05, 0) is 32.0 Å². The Bertz CT molecular complexity index is 710. The van der Waals surface area contributed by atoms with Gasteiger partial charge in [0.2, 0.25) is 15.9 Å². The summed E-state index contributed by atoms with van der Waals surface area (Å²) in [4.78, 5) is 14.1. The van der Waals surface area contributed by atoms with E-state index in [0.717, 1.165) is 0 Å². The van der Waals surface area contributed by atoms with Gasteiger partial charge in [0.25, 0.3) is 0 Å². The molecule has 0 radical (unpaired) electrons. The summed E-state index contributed by atoms with van der Waals surface area (Å²) < 4.78 is 27.0. The number of rotatable bonds is 4. The standard InChI is InChI=1S/C14H18Cl2N2O3S2/c1-9(2)17(3)14(19)12-7-22-8-18(12)23(20,21)13-6-10(15)4-5-11(13)16/h4-6,9,12H,7-8H2,1-3H3/t12-/m1/s1. The van der Waals surface area contributed by atoms with Crippen LogP contribution in [-0.2, 0) is 14.8 Å². The van der Waals surface area contributed by atoms with E-state index in [1.54, 1.807) is 11.9 Å². The highest BCUT2D eigenvalue weighted by Gasteiger charge is 2.42. The number of hydrogen-bond donors (Lipinski definition) is 0. The first-order valence-corrected chi connectivity index (χ1v) is 10.3. The van der Waals surface area contributed by atoms with E-state index in [0.29, 0.717) is 5.75 Å². The molecule has 1 saturated heterocycles. The van der Waals surface area contributed by atoms with Crippen molar-refractivity contribution < 1.29 is 13.2 Å². The average Bonchev–Trinajstić information content (AvgIpc) is 2.98. The molecule has 1 fully saturated rings. The summed E-state index contributed by atoms with van der Waals surface area (Å²) in [6, 6.07) is 3.55. The Morgan fingerprint density at radius 1 is 1.39 bits per heavy atom. The number of hydrogen-bond acceptors (Lipinski definition) is 4. The van der Waals surface area contributed by atoms with Crippen LogP contribution >= 0.6 is 35.0 Å². The van der Waals surface area contributed by atoms with E-state index in [2.05, 4.69) is 0 Å². The average molecular weight is 397 g/mol. The number of carbonyl (C=O) groups excluding carboxylic acids is 1. The molecule has 1 aliphatic rings. The second-order valence-electron chi connectivity index (χ2n) is 5.53. The lowest BCUT2D eigenvalue weighted by molar-refractivity contribution is -0.134. The van der Waals surface area contributed by atoms with Gasteiger partial charge in [-0.3, -0.25) is 4.79 Å². The lowest BCUT2D eigenvalue weighted by atomic mass is 10.2. The molecule has 0 unspecified atom stereocenters. The number of sulfonamides is 1. The third kappa shape index (κ3) is 3.79. The fourth-order valence-corrected chi connectivity index (χ4v) is 6.02. The summed E-state index contributed by atoms with van der Waals surface area (Å²) in [5.41, 5.74) is 0. The van der Waals surface area contributed by atoms with E-state index in [9.17, 15) is 13.2 Å². The number of benzene rings is 1. The summed E-state index contributed by atoms with van der Waals surface area (Å²) in [6.07, 6.45) is 0. The van der Waals surface area contributed by atoms with Crippen LogP contribution in [0.5, 0.6) is 0 Å². The zero-order valence-corrected chi connectivity index (χ0v) is 16.1. The Kier molecular flexibility index (Phi) is 5.90. The largest absolute Gasteiger partial charge is 0.342 e. The number of nitrogens with zero attached hydrogens (tertiary/aromatic N) is 2. The second kappa shape index (κ2) is 7.19. The molecule has 1 aromatic rings. The predicted octanol–water partition coefficient (Wildman–Crippen LogP) is 2.92. The SMILES string of the molecule is CC(C)N(C)C(=O)[C@H]1CSCN1S(=O)(=O)c1cc(Cl)ccc1Cl. The fourth-order valence-electron chi connectivity index (χ4n) is 2.15. The third-order valence-corrected chi connectivity index (χ3v) is 7.48. The predicted molar refractivity (Wildman–Crippen MR) is 94.5 cm³/mol. The van der Waals surface area contributed by atoms with Gasteiger partial charge in [0.15, 0.2) is 0 Å². The van der Waals surface area contributed by atoms with Crippen LogP contribution in [0.2, 0.25) is 10.0 Å². The first-order chi connectivity index (χ1) is 10.7. The molecule has 0 spiro atoms. The number of likely N-dealkylation sites (N-methyl/N-ethyl adjacent to an activating group) is 1. The molecule has 2 rings (SSSR count). The number of carbonyl (C=O) groups is 1. The fraction of sp³-hybridized carbons (Fsp3) is 0.500. The smallest absolute Gasteiger partial charge is 0.246 e. The van der Waals surface area contributed by atoms with Gasteiger partial charge in [0, 0.05) is 23.9 Å². The van der Waals surface area contributed by atoms with Gasteiger partial charge in [-0.1, -0.05) is 23.2 Å². The van der Waals surface area contributed by atoms with E-state index in [1.165, 1.54) is 34.3 Å². The van der Waals surface area contributed by atoms with Crippen molar-refractivity contribution in [2.75, 3.05) is 18.7 Å². The van der Waals surface area contributed by atoms with Crippen molar-refractivity contribution in [2.45, 2.75) is 30.8 Å². The van der Waals surface area contributed by atoms with Crippen molar-refractivity contribution in [3.8, 4) is 0 Å². The lowest BCUT2D eigenvalue weighted by Gasteiger charge is -2.29. The van der Waals surface area contributed by atoms with Gasteiger partial charge in [-0.15, -0.1) is 11.8 Å². The molecule has 0 saturated carbocycles. The van der Waals surface area contributed by atoms with Gasteiger partial charge in [0.05, 0.1) is 10.9 Å². The van der Waals surface area contributed by atoms with Crippen LogP contribution in [0, 0.1) is 0 Å². The van der Waals surface area contributed by atoms with Crippen molar-refractivity contribution in [3.63, 3.8) is 0 Å². The maximum Gasteiger partial charge on any atom is 0.246 e. The molecular formula is C14H18Cl2N2O3S2. The topological polar surface area (TPSA) is 57.7 Å². The molecule has 0 bridgehead atoms. The summed E-state index contributed by atoms with van der Waals surface area (Å²) in [5.74, 6) is 0.424. The Morgan fingerprint density at radius 2 is 2.04 bits per heavy atom. The van der Waals surface area contributed by atoms with Crippen molar-refractivity contribution in [1.82, 2.24) is 9.21 Å². The molecule has 1 amide bonds. The number of amides is 1. The molecule has 23 heavy (non-hydrogen) atoms. The first kappa shape index (κ1) is 18.9.